The van der Waals surface area contributed by atoms with Crippen molar-refractivity contribution >= 4 is 5.78 Å². The topological polar surface area (TPSA) is 26.3 Å². The summed E-state index contributed by atoms with van der Waals surface area (Å²) in [4.78, 5) is 11.3. The van der Waals surface area contributed by atoms with E-state index in [4.69, 9.17) is 4.74 Å². The van der Waals surface area contributed by atoms with Gasteiger partial charge >= 0.3 is 0 Å². The van der Waals surface area contributed by atoms with Gasteiger partial charge < -0.3 is 4.74 Å². The Balaban J connectivity index is 2.17. The number of carbonyl (C=O) groups is 1. The molecule has 3 atom stereocenters. The Kier molecular flexibility index (Phi) is 1.31. The van der Waals surface area contributed by atoms with Crippen LogP contribution in [0.4, 0.5) is 0 Å². The normalized spacial score (nSPS) is 44.9. The van der Waals surface area contributed by atoms with E-state index in [1.54, 1.807) is 7.11 Å². The van der Waals surface area contributed by atoms with Crippen LogP contribution in [0.5, 0.6) is 0 Å². The van der Waals surface area contributed by atoms with Crippen molar-refractivity contribution in [1.29, 1.82) is 0 Å². The van der Waals surface area contributed by atoms with Gasteiger partial charge in [0.15, 0.2) is 5.78 Å². The number of carbonyl (C=O) groups excluding carboxylic acids is 1. The first-order valence-corrected chi connectivity index (χ1v) is 3.89. The highest BCUT2D eigenvalue weighted by Crippen LogP contribution is 2.43. The minimum absolute atomic E-state index is 0.0428. The van der Waals surface area contributed by atoms with E-state index in [0.29, 0.717) is 17.6 Å². The molecule has 0 amide bonds. The predicted octanol–water partition coefficient (Wildman–Crippen LogP) is 1.00. The van der Waals surface area contributed by atoms with Gasteiger partial charge in [0.25, 0.3) is 0 Å². The third-order valence-electron chi connectivity index (χ3n) is 2.84. The van der Waals surface area contributed by atoms with E-state index in [-0.39, 0.29) is 6.10 Å². The number of rotatable bonds is 1. The van der Waals surface area contributed by atoms with Crippen LogP contribution in [0.25, 0.3) is 0 Å². The fraction of sp³-hybridized carbons (Fsp3) is 0.875. The van der Waals surface area contributed by atoms with Gasteiger partial charge in [0, 0.05) is 13.0 Å². The van der Waals surface area contributed by atoms with Crippen molar-refractivity contribution < 1.29 is 9.53 Å². The Morgan fingerprint density at radius 3 is 2.70 bits per heavy atom. The lowest BCUT2D eigenvalue weighted by molar-refractivity contribution is -0.132. The lowest BCUT2D eigenvalue weighted by Gasteiger charge is -2.17. The second-order valence-corrected chi connectivity index (χ2v) is 3.33. The van der Waals surface area contributed by atoms with E-state index in [0.717, 1.165) is 12.8 Å². The smallest absolute Gasteiger partial charge is 0.164 e. The highest BCUT2D eigenvalue weighted by Gasteiger charge is 2.46. The average molecular weight is 140 g/mol. The minimum atomic E-state index is -0.0428. The first-order chi connectivity index (χ1) is 4.83. The molecule has 2 aliphatic rings. The predicted molar refractivity (Wildman–Crippen MR) is 36.6 cm³/mol. The van der Waals surface area contributed by atoms with Crippen molar-refractivity contribution in [3.05, 3.63) is 0 Å². The van der Waals surface area contributed by atoms with Crippen LogP contribution in [0.1, 0.15) is 19.3 Å². The molecule has 0 spiro atoms. The molecule has 0 saturated heterocycles. The number of ketones is 1. The Bertz CT molecular complexity index is 165. The highest BCUT2D eigenvalue weighted by molar-refractivity contribution is 5.88. The fourth-order valence-electron chi connectivity index (χ4n) is 2.32. The Labute approximate surface area is 60.6 Å². The molecule has 0 aliphatic heterocycles. The van der Waals surface area contributed by atoms with Crippen molar-refractivity contribution in [3.63, 3.8) is 0 Å². The van der Waals surface area contributed by atoms with Gasteiger partial charge in [-0.3, -0.25) is 4.79 Å². The molecule has 2 rings (SSSR count). The fourth-order valence-corrected chi connectivity index (χ4v) is 2.32. The molecule has 2 heteroatoms. The summed E-state index contributed by atoms with van der Waals surface area (Å²) < 4.78 is 5.11. The molecular weight excluding hydrogens is 128 g/mol. The van der Waals surface area contributed by atoms with E-state index in [1.165, 1.54) is 6.42 Å². The molecule has 0 N–H and O–H groups in total. The van der Waals surface area contributed by atoms with Crippen LogP contribution in [-0.2, 0) is 9.53 Å². The van der Waals surface area contributed by atoms with Crippen molar-refractivity contribution in [2.45, 2.75) is 25.4 Å². The summed E-state index contributed by atoms with van der Waals surface area (Å²) in [5.41, 5.74) is 0. The lowest BCUT2D eigenvalue weighted by atomic mass is 9.96. The summed E-state index contributed by atoms with van der Waals surface area (Å²) >= 11 is 0. The van der Waals surface area contributed by atoms with Gasteiger partial charge in [-0.1, -0.05) is 0 Å². The van der Waals surface area contributed by atoms with Crippen molar-refractivity contribution in [2.24, 2.45) is 11.8 Å². The van der Waals surface area contributed by atoms with Gasteiger partial charge in [-0.25, -0.2) is 0 Å². The van der Waals surface area contributed by atoms with Crippen LogP contribution in [0.3, 0.4) is 0 Å². The molecule has 0 aromatic heterocycles. The van der Waals surface area contributed by atoms with E-state index in [2.05, 4.69) is 0 Å². The summed E-state index contributed by atoms with van der Waals surface area (Å²) in [5.74, 6) is 1.27. The van der Waals surface area contributed by atoms with E-state index < -0.39 is 0 Å². The maximum atomic E-state index is 11.3. The second-order valence-electron chi connectivity index (χ2n) is 3.33. The lowest BCUT2D eigenvalue weighted by Crippen LogP contribution is -2.29. The molecule has 56 valence electrons. The molecule has 10 heavy (non-hydrogen) atoms. The standard InChI is InChI=1S/C8H12O2/c1-10-8-6-3-2-5(4-6)7(8)9/h5-6,8H,2-4H2,1H3/t5-,6+,8-/m1/s1. The summed E-state index contributed by atoms with van der Waals surface area (Å²) in [6, 6.07) is 0. The number of hydrogen-bond donors (Lipinski definition) is 0. The van der Waals surface area contributed by atoms with Crippen LogP contribution in [0.2, 0.25) is 0 Å². The zero-order valence-corrected chi connectivity index (χ0v) is 6.17. The zero-order valence-electron chi connectivity index (χ0n) is 6.17. The van der Waals surface area contributed by atoms with Crippen molar-refractivity contribution in [1.82, 2.24) is 0 Å². The molecule has 0 unspecified atom stereocenters. The third kappa shape index (κ3) is 0.655. The monoisotopic (exact) mass is 140 g/mol. The third-order valence-corrected chi connectivity index (χ3v) is 2.84. The van der Waals surface area contributed by atoms with Crippen LogP contribution in [-0.4, -0.2) is 19.0 Å². The van der Waals surface area contributed by atoms with E-state index in [9.17, 15) is 4.79 Å². The number of hydrogen-bond acceptors (Lipinski definition) is 2. The molecule has 0 aromatic carbocycles. The van der Waals surface area contributed by atoms with Crippen LogP contribution in [0, 0.1) is 11.8 Å². The number of methoxy groups -OCH3 is 1. The first-order valence-electron chi connectivity index (χ1n) is 3.89. The highest BCUT2D eigenvalue weighted by atomic mass is 16.5. The van der Waals surface area contributed by atoms with Crippen LogP contribution in [0.15, 0.2) is 0 Å². The maximum Gasteiger partial charge on any atom is 0.164 e. The summed E-state index contributed by atoms with van der Waals surface area (Å²) in [6.45, 7) is 0. The Morgan fingerprint density at radius 1 is 1.50 bits per heavy atom. The zero-order chi connectivity index (χ0) is 7.14. The largest absolute Gasteiger partial charge is 0.373 e. The summed E-state index contributed by atoms with van der Waals surface area (Å²) in [7, 11) is 1.64. The summed E-state index contributed by atoms with van der Waals surface area (Å²) in [6.07, 6.45) is 3.37. The molecule has 2 aliphatic carbocycles. The minimum Gasteiger partial charge on any atom is -0.373 e. The second kappa shape index (κ2) is 2.06. The van der Waals surface area contributed by atoms with Crippen LogP contribution < -0.4 is 0 Å². The SMILES string of the molecule is CO[C@H]1C(=O)[C@@H]2CC[C@H]1C2. The summed E-state index contributed by atoms with van der Waals surface area (Å²) in [5, 5.41) is 0. The molecular formula is C8H12O2. The van der Waals surface area contributed by atoms with E-state index >= 15 is 0 Å². The van der Waals surface area contributed by atoms with Gasteiger partial charge in [0.1, 0.15) is 6.10 Å². The quantitative estimate of drug-likeness (QED) is 0.543. The molecule has 0 radical (unpaired) electrons. The molecule has 2 bridgehead atoms. The van der Waals surface area contributed by atoms with Crippen LogP contribution >= 0.6 is 0 Å². The number of fused-ring (bicyclic) bond motifs is 2. The first kappa shape index (κ1) is 6.35. The maximum absolute atomic E-state index is 11.3. The van der Waals surface area contributed by atoms with Gasteiger partial charge in [-0.2, -0.15) is 0 Å². The molecule has 2 fully saturated rings. The molecule has 2 nitrogen and oxygen atoms in total. The van der Waals surface area contributed by atoms with E-state index in [1.807, 2.05) is 0 Å². The average Bonchev–Trinajstić information content (AvgIpc) is 2.46. The van der Waals surface area contributed by atoms with Gasteiger partial charge in [0.2, 0.25) is 0 Å². The van der Waals surface area contributed by atoms with Gasteiger partial charge in [-0.15, -0.1) is 0 Å². The Morgan fingerprint density at radius 2 is 2.30 bits per heavy atom. The molecule has 0 heterocycles. The Hall–Kier alpha value is -0.370. The van der Waals surface area contributed by atoms with Gasteiger partial charge in [0.05, 0.1) is 0 Å². The molecule has 0 aromatic rings. The van der Waals surface area contributed by atoms with Gasteiger partial charge in [-0.05, 0) is 25.2 Å². The number of ether oxygens (including phenoxy) is 1. The molecule has 2 saturated carbocycles. The van der Waals surface area contributed by atoms with Crippen molar-refractivity contribution in [2.75, 3.05) is 7.11 Å². The van der Waals surface area contributed by atoms with Crippen molar-refractivity contribution in [3.8, 4) is 0 Å². The number of Topliss-reactive ketones (excluding diaryl/α,β-unsaturated/α-hetero) is 1.